The lowest BCUT2D eigenvalue weighted by Crippen LogP contribution is -2.21. The first-order valence-corrected chi connectivity index (χ1v) is 9.26. The minimum absolute atomic E-state index is 0.424. The van der Waals surface area contributed by atoms with Gasteiger partial charge in [0, 0.05) is 16.8 Å². The molecule has 0 aliphatic rings. The molecule has 2 aromatic carbocycles. The molecular formula is C20H26N2OS. The maximum Gasteiger partial charge on any atom is 0.145 e. The normalized spacial score (nSPS) is 14.0. The van der Waals surface area contributed by atoms with Crippen molar-refractivity contribution in [2.24, 2.45) is 4.40 Å². The molecule has 0 radical (unpaired) electrons. The van der Waals surface area contributed by atoms with Crippen LogP contribution in [0.5, 0.6) is 0 Å². The second kappa shape index (κ2) is 7.31. The average molecular weight is 343 g/mol. The van der Waals surface area contributed by atoms with Crippen molar-refractivity contribution in [2.45, 2.75) is 45.3 Å². The van der Waals surface area contributed by atoms with Gasteiger partial charge in [-0.3, -0.25) is 0 Å². The molecule has 128 valence electrons. The summed E-state index contributed by atoms with van der Waals surface area (Å²) in [5, 5.41) is 0. The van der Waals surface area contributed by atoms with E-state index in [1.807, 2.05) is 57.2 Å². The van der Waals surface area contributed by atoms with Gasteiger partial charge >= 0.3 is 0 Å². The molecule has 1 atom stereocenters. The third kappa shape index (κ3) is 4.32. The van der Waals surface area contributed by atoms with Gasteiger partial charge in [0.1, 0.15) is 11.0 Å². The maximum absolute atomic E-state index is 12.6. The fraction of sp³-hybridized carbons (Fsp3) is 0.350. The lowest BCUT2D eigenvalue weighted by molar-refractivity contribution is 0.650. The highest BCUT2D eigenvalue weighted by Gasteiger charge is 2.21. The largest absolute Gasteiger partial charge is 0.398 e. The van der Waals surface area contributed by atoms with Gasteiger partial charge in [0.05, 0.1) is 10.5 Å². The Morgan fingerprint density at radius 3 is 2.12 bits per heavy atom. The van der Waals surface area contributed by atoms with Gasteiger partial charge in [0.2, 0.25) is 0 Å². The van der Waals surface area contributed by atoms with Crippen LogP contribution in [-0.4, -0.2) is 14.7 Å². The van der Waals surface area contributed by atoms with Crippen LogP contribution in [0.15, 0.2) is 52.9 Å². The van der Waals surface area contributed by atoms with E-state index in [1.54, 1.807) is 0 Å². The third-order valence-corrected chi connectivity index (χ3v) is 5.16. The number of anilines is 1. The van der Waals surface area contributed by atoms with E-state index in [9.17, 15) is 4.21 Å². The van der Waals surface area contributed by atoms with Gasteiger partial charge < -0.3 is 5.73 Å². The van der Waals surface area contributed by atoms with Gasteiger partial charge in [0.15, 0.2) is 0 Å². The van der Waals surface area contributed by atoms with Crippen LogP contribution in [0, 0.1) is 0 Å². The van der Waals surface area contributed by atoms with Crippen molar-refractivity contribution < 1.29 is 4.21 Å². The topological polar surface area (TPSA) is 55.5 Å². The summed E-state index contributed by atoms with van der Waals surface area (Å²) >= 11 is 0. The Labute approximate surface area is 147 Å². The quantitative estimate of drug-likeness (QED) is 0.647. The van der Waals surface area contributed by atoms with Crippen molar-refractivity contribution in [3.8, 4) is 0 Å². The van der Waals surface area contributed by atoms with Gasteiger partial charge in [-0.2, -0.15) is 4.40 Å². The van der Waals surface area contributed by atoms with E-state index in [2.05, 4.69) is 30.4 Å². The molecule has 0 aliphatic heterocycles. The second-order valence-electron chi connectivity index (χ2n) is 7.17. The summed E-state index contributed by atoms with van der Waals surface area (Å²) < 4.78 is 16.7. The molecule has 2 rings (SSSR count). The molecule has 0 unspecified atom stereocenters. The molecule has 0 aromatic heterocycles. The van der Waals surface area contributed by atoms with Gasteiger partial charge in [0.25, 0.3) is 0 Å². The van der Waals surface area contributed by atoms with E-state index in [1.165, 1.54) is 5.56 Å². The van der Waals surface area contributed by atoms with Crippen LogP contribution >= 0.6 is 0 Å². The molecule has 0 amide bonds. The summed E-state index contributed by atoms with van der Waals surface area (Å²) in [5.41, 5.74) is 10.5. The summed E-state index contributed by atoms with van der Waals surface area (Å²) in [4.78, 5) is 0. The summed E-state index contributed by atoms with van der Waals surface area (Å²) in [6, 6.07) is 15.8. The highest BCUT2D eigenvalue weighted by atomic mass is 32.2. The molecule has 3 nitrogen and oxygen atoms in total. The monoisotopic (exact) mass is 342 g/mol. The second-order valence-corrected chi connectivity index (χ2v) is 9.07. The summed E-state index contributed by atoms with van der Waals surface area (Å²) in [7, 11) is -1.36. The van der Waals surface area contributed by atoms with Crippen molar-refractivity contribution in [2.75, 3.05) is 5.73 Å². The van der Waals surface area contributed by atoms with E-state index >= 15 is 0 Å². The lowest BCUT2D eigenvalue weighted by Gasteiger charge is -2.16. The Kier molecular flexibility index (Phi) is 5.60. The number of nitrogen functional groups attached to an aromatic ring is 1. The van der Waals surface area contributed by atoms with E-state index in [-0.39, 0.29) is 0 Å². The van der Waals surface area contributed by atoms with Crippen molar-refractivity contribution in [3.63, 3.8) is 0 Å². The first-order chi connectivity index (χ1) is 11.2. The molecular weight excluding hydrogens is 316 g/mol. The number of nitrogens with two attached hydrogens (primary N) is 1. The average Bonchev–Trinajstić information content (AvgIpc) is 2.52. The standard InChI is InChI=1S/C20H26N2OS/c1-14(2)15-10-12-16(13-11-15)19(22-24(23)20(3,4)5)17-8-6-7-9-18(17)21/h6-14H,21H2,1-5H3/b22-19+/t24-/m1/s1. The molecule has 0 bridgehead atoms. The first kappa shape index (κ1) is 18.4. The highest BCUT2D eigenvalue weighted by molar-refractivity contribution is 7.85. The number of nitrogens with zero attached hydrogens (tertiary/aromatic N) is 1. The summed E-state index contributed by atoms with van der Waals surface area (Å²) in [5.74, 6) is 0.463. The molecule has 2 N–H and O–H groups in total. The van der Waals surface area contributed by atoms with Crippen molar-refractivity contribution in [1.82, 2.24) is 0 Å². The van der Waals surface area contributed by atoms with E-state index in [0.29, 0.717) is 17.3 Å². The molecule has 24 heavy (non-hydrogen) atoms. The predicted octanol–water partition coefficient (Wildman–Crippen LogP) is 4.69. The molecule has 0 fully saturated rings. The zero-order chi connectivity index (χ0) is 17.9. The first-order valence-electron chi connectivity index (χ1n) is 8.16. The number of hydrogen-bond donors (Lipinski definition) is 1. The van der Waals surface area contributed by atoms with Crippen LogP contribution in [0.25, 0.3) is 0 Å². The summed E-state index contributed by atoms with van der Waals surface area (Å²) in [6.07, 6.45) is 0. The van der Waals surface area contributed by atoms with Gasteiger partial charge in [-0.1, -0.05) is 56.3 Å². The zero-order valence-electron chi connectivity index (χ0n) is 15.0. The summed E-state index contributed by atoms with van der Waals surface area (Å²) in [6.45, 7) is 10.1. The van der Waals surface area contributed by atoms with Crippen LogP contribution in [0.2, 0.25) is 0 Å². The highest BCUT2D eigenvalue weighted by Crippen LogP contribution is 2.22. The lowest BCUT2D eigenvalue weighted by atomic mass is 9.97. The minimum Gasteiger partial charge on any atom is -0.398 e. The Balaban J connectivity index is 2.57. The van der Waals surface area contributed by atoms with Crippen molar-refractivity contribution in [3.05, 3.63) is 65.2 Å². The zero-order valence-corrected chi connectivity index (χ0v) is 15.9. The molecule has 2 aromatic rings. The van der Waals surface area contributed by atoms with E-state index in [4.69, 9.17) is 5.73 Å². The number of rotatable bonds is 4. The number of para-hydroxylation sites is 1. The Morgan fingerprint density at radius 1 is 1.04 bits per heavy atom. The Hall–Kier alpha value is -1.94. The van der Waals surface area contributed by atoms with Crippen LogP contribution in [0.1, 0.15) is 57.2 Å². The van der Waals surface area contributed by atoms with Gasteiger partial charge in [-0.15, -0.1) is 0 Å². The van der Waals surface area contributed by atoms with Crippen LogP contribution in [0.3, 0.4) is 0 Å². The fourth-order valence-corrected chi connectivity index (χ4v) is 2.86. The molecule has 4 heteroatoms. The smallest absolute Gasteiger partial charge is 0.145 e. The molecule has 0 aliphatic carbocycles. The van der Waals surface area contributed by atoms with E-state index in [0.717, 1.165) is 11.1 Å². The van der Waals surface area contributed by atoms with E-state index < -0.39 is 15.7 Å². The van der Waals surface area contributed by atoms with Crippen LogP contribution in [-0.2, 0) is 11.0 Å². The SMILES string of the molecule is CC(C)c1ccc(/C(=N\[S@](=O)C(C)(C)C)c2ccccc2N)cc1. The number of benzene rings is 2. The van der Waals surface area contributed by atoms with Crippen LogP contribution in [0.4, 0.5) is 5.69 Å². The Bertz CT molecular complexity index is 756. The molecule has 0 spiro atoms. The third-order valence-electron chi connectivity index (χ3n) is 3.76. The van der Waals surface area contributed by atoms with Crippen LogP contribution < -0.4 is 5.73 Å². The van der Waals surface area contributed by atoms with Crippen molar-refractivity contribution in [1.29, 1.82) is 0 Å². The molecule has 0 saturated heterocycles. The molecule has 0 heterocycles. The fourth-order valence-electron chi connectivity index (χ4n) is 2.22. The predicted molar refractivity (Wildman–Crippen MR) is 105 cm³/mol. The van der Waals surface area contributed by atoms with Gasteiger partial charge in [-0.05, 0) is 38.3 Å². The van der Waals surface area contributed by atoms with Crippen molar-refractivity contribution >= 4 is 22.4 Å². The van der Waals surface area contributed by atoms with Gasteiger partial charge in [-0.25, -0.2) is 4.21 Å². The molecule has 0 saturated carbocycles. The number of hydrogen-bond acceptors (Lipinski definition) is 2. The minimum atomic E-state index is -1.36. The maximum atomic E-state index is 12.6. The Morgan fingerprint density at radius 2 is 1.62 bits per heavy atom.